The SMILES string of the molecule is CN1CC2(CCN(CC(=O)I)CC2)C1. The van der Waals surface area contributed by atoms with Gasteiger partial charge in [0.05, 0.1) is 6.54 Å². The van der Waals surface area contributed by atoms with Crippen LogP contribution in [0.4, 0.5) is 0 Å². The molecule has 2 aliphatic rings. The van der Waals surface area contributed by atoms with Gasteiger partial charge in [-0.2, -0.15) is 0 Å². The summed E-state index contributed by atoms with van der Waals surface area (Å²) in [5, 5.41) is 0. The molecular weight excluding hydrogens is 291 g/mol. The van der Waals surface area contributed by atoms with Gasteiger partial charge in [0.2, 0.25) is 3.79 Å². The molecule has 14 heavy (non-hydrogen) atoms. The maximum absolute atomic E-state index is 10.9. The second-order valence-corrected chi connectivity index (χ2v) is 6.01. The third-order valence-corrected chi connectivity index (χ3v) is 3.82. The molecule has 0 atom stereocenters. The van der Waals surface area contributed by atoms with Crippen LogP contribution in [0.5, 0.6) is 0 Å². The zero-order chi connectivity index (χ0) is 10.2. The Morgan fingerprint density at radius 3 is 2.36 bits per heavy atom. The van der Waals surface area contributed by atoms with Crippen molar-refractivity contribution in [3.8, 4) is 0 Å². The van der Waals surface area contributed by atoms with E-state index in [1.165, 1.54) is 25.9 Å². The quantitative estimate of drug-likeness (QED) is 0.561. The Hall–Kier alpha value is 0.320. The van der Waals surface area contributed by atoms with E-state index in [2.05, 4.69) is 16.8 Å². The van der Waals surface area contributed by atoms with E-state index >= 15 is 0 Å². The van der Waals surface area contributed by atoms with Gasteiger partial charge in [-0.1, -0.05) is 0 Å². The number of hydrogen-bond acceptors (Lipinski definition) is 3. The van der Waals surface area contributed by atoms with Crippen LogP contribution >= 0.6 is 22.6 Å². The summed E-state index contributed by atoms with van der Waals surface area (Å²) in [5.41, 5.74) is 0.611. The molecule has 0 aromatic heterocycles. The number of rotatable bonds is 2. The molecule has 2 rings (SSSR count). The van der Waals surface area contributed by atoms with Gasteiger partial charge in [0.25, 0.3) is 0 Å². The molecule has 0 aromatic carbocycles. The predicted octanol–water partition coefficient (Wildman–Crippen LogP) is 0.976. The molecule has 0 radical (unpaired) electrons. The molecular formula is C10H17IN2O. The van der Waals surface area contributed by atoms with Gasteiger partial charge in [0.1, 0.15) is 0 Å². The minimum Gasteiger partial charge on any atom is -0.305 e. The summed E-state index contributed by atoms with van der Waals surface area (Å²) in [5.74, 6) is 0. The first kappa shape index (κ1) is 10.8. The first-order valence-corrected chi connectivity index (χ1v) is 6.27. The Morgan fingerprint density at radius 2 is 1.93 bits per heavy atom. The maximum atomic E-state index is 10.9. The summed E-state index contributed by atoms with van der Waals surface area (Å²) < 4.78 is 0.268. The van der Waals surface area contributed by atoms with Crippen LogP contribution in [0.1, 0.15) is 12.8 Å². The number of hydrogen-bond donors (Lipinski definition) is 0. The largest absolute Gasteiger partial charge is 0.305 e. The number of halogens is 1. The Kier molecular flexibility index (Phi) is 3.14. The lowest BCUT2D eigenvalue weighted by atomic mass is 9.72. The molecule has 2 aliphatic heterocycles. The molecule has 4 heteroatoms. The van der Waals surface area contributed by atoms with Crippen LogP contribution in [0, 0.1) is 5.41 Å². The minimum absolute atomic E-state index is 0.268. The first-order valence-electron chi connectivity index (χ1n) is 5.19. The van der Waals surface area contributed by atoms with Crippen LogP contribution in [0.3, 0.4) is 0 Å². The normalized spacial score (nSPS) is 27.6. The molecule has 0 saturated carbocycles. The van der Waals surface area contributed by atoms with Crippen molar-refractivity contribution in [1.29, 1.82) is 0 Å². The van der Waals surface area contributed by atoms with Crippen LogP contribution in [-0.4, -0.2) is 53.4 Å². The number of carbonyl (C=O) groups is 1. The van der Waals surface area contributed by atoms with Crippen LogP contribution < -0.4 is 0 Å². The predicted molar refractivity (Wildman–Crippen MR) is 64.6 cm³/mol. The lowest BCUT2D eigenvalue weighted by molar-refractivity contribution is -0.111. The van der Waals surface area contributed by atoms with Gasteiger partial charge in [0, 0.05) is 35.7 Å². The zero-order valence-corrected chi connectivity index (χ0v) is 10.8. The summed E-state index contributed by atoms with van der Waals surface area (Å²) in [7, 11) is 2.19. The van der Waals surface area contributed by atoms with Crippen molar-refractivity contribution in [3.05, 3.63) is 0 Å². The molecule has 80 valence electrons. The van der Waals surface area contributed by atoms with Gasteiger partial charge in [-0.05, 0) is 38.4 Å². The zero-order valence-electron chi connectivity index (χ0n) is 8.63. The second-order valence-electron chi connectivity index (χ2n) is 4.80. The Bertz CT molecular complexity index is 228. The van der Waals surface area contributed by atoms with E-state index in [-0.39, 0.29) is 3.79 Å². The summed E-state index contributed by atoms with van der Waals surface area (Å²) in [6.45, 7) is 5.40. The monoisotopic (exact) mass is 308 g/mol. The highest BCUT2D eigenvalue weighted by molar-refractivity contribution is 14.1. The van der Waals surface area contributed by atoms with Crippen molar-refractivity contribution in [2.24, 2.45) is 5.41 Å². The Labute approximate surface area is 99.0 Å². The highest BCUT2D eigenvalue weighted by Gasteiger charge is 2.42. The van der Waals surface area contributed by atoms with E-state index in [1.54, 1.807) is 0 Å². The average molecular weight is 308 g/mol. The van der Waals surface area contributed by atoms with Crippen molar-refractivity contribution < 1.29 is 4.79 Å². The van der Waals surface area contributed by atoms with Crippen LogP contribution in [-0.2, 0) is 4.79 Å². The van der Waals surface area contributed by atoms with E-state index in [1.807, 2.05) is 22.6 Å². The molecule has 0 aromatic rings. The van der Waals surface area contributed by atoms with E-state index < -0.39 is 0 Å². The molecule has 1 spiro atoms. The van der Waals surface area contributed by atoms with E-state index in [0.717, 1.165) is 13.1 Å². The van der Waals surface area contributed by atoms with E-state index in [4.69, 9.17) is 0 Å². The number of carbonyl (C=O) groups excluding carboxylic acids is 1. The minimum atomic E-state index is 0.268. The van der Waals surface area contributed by atoms with Gasteiger partial charge < -0.3 is 4.90 Å². The lowest BCUT2D eigenvalue weighted by Crippen LogP contribution is -2.58. The van der Waals surface area contributed by atoms with Crippen molar-refractivity contribution in [2.45, 2.75) is 12.8 Å². The third kappa shape index (κ3) is 2.28. The molecule has 2 fully saturated rings. The molecule has 0 N–H and O–H groups in total. The molecule has 2 saturated heterocycles. The number of piperidine rings is 1. The number of likely N-dealkylation sites (tertiary alicyclic amines) is 2. The first-order chi connectivity index (χ1) is 6.60. The van der Waals surface area contributed by atoms with Crippen LogP contribution in [0.15, 0.2) is 0 Å². The fraction of sp³-hybridized carbons (Fsp3) is 0.900. The molecule has 2 heterocycles. The second kappa shape index (κ2) is 4.06. The summed E-state index contributed by atoms with van der Waals surface area (Å²) in [4.78, 5) is 15.6. The van der Waals surface area contributed by atoms with Gasteiger partial charge in [0.15, 0.2) is 0 Å². The van der Waals surface area contributed by atoms with Crippen molar-refractivity contribution in [1.82, 2.24) is 9.80 Å². The number of nitrogens with zero attached hydrogens (tertiary/aromatic N) is 2. The Balaban J connectivity index is 1.78. The summed E-state index contributed by atoms with van der Waals surface area (Å²) in [6.07, 6.45) is 2.56. The van der Waals surface area contributed by atoms with Crippen molar-refractivity contribution in [2.75, 3.05) is 39.8 Å². The van der Waals surface area contributed by atoms with Gasteiger partial charge in [-0.25, -0.2) is 0 Å². The fourth-order valence-corrected chi connectivity index (χ4v) is 3.26. The molecule has 3 nitrogen and oxygen atoms in total. The van der Waals surface area contributed by atoms with Gasteiger partial charge >= 0.3 is 0 Å². The topological polar surface area (TPSA) is 23.6 Å². The van der Waals surface area contributed by atoms with E-state index in [0.29, 0.717) is 12.0 Å². The fourth-order valence-electron chi connectivity index (χ4n) is 2.78. The van der Waals surface area contributed by atoms with Gasteiger partial charge in [-0.3, -0.25) is 9.69 Å². The lowest BCUT2D eigenvalue weighted by Gasteiger charge is -2.52. The van der Waals surface area contributed by atoms with Crippen LogP contribution in [0.25, 0.3) is 0 Å². The van der Waals surface area contributed by atoms with Crippen molar-refractivity contribution >= 4 is 26.4 Å². The maximum Gasteiger partial charge on any atom is 0.206 e. The van der Waals surface area contributed by atoms with Crippen molar-refractivity contribution in [3.63, 3.8) is 0 Å². The average Bonchev–Trinajstić information content (AvgIpc) is 2.05. The Morgan fingerprint density at radius 1 is 1.36 bits per heavy atom. The summed E-state index contributed by atoms with van der Waals surface area (Å²) >= 11 is 1.89. The highest BCUT2D eigenvalue weighted by atomic mass is 127. The standard InChI is InChI=1S/C10H17IN2O/c1-12-7-10(8-12)2-4-13(5-3-10)6-9(11)14/h2-8H2,1H3. The third-order valence-electron chi connectivity index (χ3n) is 3.48. The smallest absolute Gasteiger partial charge is 0.206 e. The van der Waals surface area contributed by atoms with E-state index in [9.17, 15) is 4.79 Å². The molecule has 0 aliphatic carbocycles. The molecule has 0 bridgehead atoms. The molecule has 0 unspecified atom stereocenters. The summed E-state index contributed by atoms with van der Waals surface area (Å²) in [6, 6.07) is 0. The molecule has 0 amide bonds. The van der Waals surface area contributed by atoms with Gasteiger partial charge in [-0.15, -0.1) is 0 Å². The highest BCUT2D eigenvalue weighted by Crippen LogP contribution is 2.39. The van der Waals surface area contributed by atoms with Crippen LogP contribution in [0.2, 0.25) is 0 Å².